The van der Waals surface area contributed by atoms with Gasteiger partial charge < -0.3 is 25.8 Å². The van der Waals surface area contributed by atoms with Crippen LogP contribution < -0.4 is 10.6 Å². The standard InChI is InChI=1S/C15H12BrN5O4S/c16-6-4-26-12-8-5(1-2-17-13(24)11(8)19-10(6)12)9-14(25)21-15(20-9)18-3-7(22)23/h4,25H,1-3H2,(H,17,24)(H,22,23)(H2,18,20,21). The lowest BCUT2D eigenvalue weighted by molar-refractivity contribution is -0.135. The number of aromatic hydroxyl groups is 1. The van der Waals surface area contributed by atoms with E-state index in [1.54, 1.807) is 0 Å². The molecule has 0 saturated heterocycles. The maximum atomic E-state index is 12.4. The highest BCUT2D eigenvalue weighted by atomic mass is 79.9. The quantitative estimate of drug-likeness (QED) is 0.495. The number of carbonyl (C=O) groups is 2. The molecule has 2 aromatic rings. The fraction of sp³-hybridized carbons (Fsp3) is 0.200. The molecule has 0 aromatic carbocycles. The van der Waals surface area contributed by atoms with Crippen molar-refractivity contribution in [2.24, 2.45) is 4.99 Å². The van der Waals surface area contributed by atoms with E-state index in [-0.39, 0.29) is 24.3 Å². The van der Waals surface area contributed by atoms with Crippen molar-refractivity contribution in [3.63, 3.8) is 0 Å². The molecule has 0 fully saturated rings. The number of carbonyl (C=O) groups excluding carboxylic acids is 1. The second-order valence-electron chi connectivity index (χ2n) is 5.61. The zero-order chi connectivity index (χ0) is 18.4. The van der Waals surface area contributed by atoms with Gasteiger partial charge in [0, 0.05) is 17.5 Å². The molecule has 0 saturated carbocycles. The summed E-state index contributed by atoms with van der Waals surface area (Å²) in [6, 6.07) is 0. The van der Waals surface area contributed by atoms with E-state index in [0.29, 0.717) is 41.2 Å². The van der Waals surface area contributed by atoms with Crippen LogP contribution in [0.15, 0.2) is 14.8 Å². The molecule has 1 amide bonds. The summed E-state index contributed by atoms with van der Waals surface area (Å²) in [6.07, 6.45) is 0.461. The molecule has 0 spiro atoms. The van der Waals surface area contributed by atoms with Gasteiger partial charge in [-0.15, -0.1) is 11.3 Å². The van der Waals surface area contributed by atoms with Crippen LogP contribution in [0, 0.1) is 0 Å². The Labute approximate surface area is 159 Å². The van der Waals surface area contributed by atoms with Crippen LogP contribution in [0.1, 0.15) is 17.0 Å². The number of H-pyrrole nitrogens is 1. The number of imidazole rings is 1. The van der Waals surface area contributed by atoms with Gasteiger partial charge in [0.1, 0.15) is 18.0 Å². The van der Waals surface area contributed by atoms with Crippen LogP contribution in [0.25, 0.3) is 11.1 Å². The maximum absolute atomic E-state index is 12.4. The third kappa shape index (κ3) is 2.69. The number of hydrogen-bond donors (Lipinski definition) is 5. The monoisotopic (exact) mass is 437 g/mol. The summed E-state index contributed by atoms with van der Waals surface area (Å²) < 4.78 is 0.801. The van der Waals surface area contributed by atoms with Crippen LogP contribution >= 0.6 is 27.3 Å². The number of aliphatic imine (C=N–C) groups is 1. The summed E-state index contributed by atoms with van der Waals surface area (Å²) in [5.41, 5.74) is 2.69. The lowest BCUT2D eigenvalue weighted by Gasteiger charge is -2.07. The normalized spacial score (nSPS) is 15.9. The average molecular weight is 438 g/mol. The van der Waals surface area contributed by atoms with Crippen molar-refractivity contribution < 1.29 is 19.8 Å². The maximum Gasteiger partial charge on any atom is 0.322 e. The first-order valence-electron chi connectivity index (χ1n) is 7.58. The fourth-order valence-electron chi connectivity index (χ4n) is 2.91. The van der Waals surface area contributed by atoms with Crippen LogP contribution in [0.2, 0.25) is 0 Å². The minimum atomic E-state index is -1.05. The first-order valence-corrected chi connectivity index (χ1v) is 9.25. The number of rotatable bonds is 4. The van der Waals surface area contributed by atoms with E-state index < -0.39 is 5.97 Å². The number of aliphatic carboxylic acids is 1. The SMILES string of the molecule is O=C(O)CNc1nc(O)c(C2=C3C(=Nc4c(Br)csc43)C(=O)NCC2)[nH]1. The Bertz CT molecular complexity index is 1010. The lowest BCUT2D eigenvalue weighted by atomic mass is 9.99. The molecular weight excluding hydrogens is 426 g/mol. The Morgan fingerprint density at radius 2 is 2.27 bits per heavy atom. The number of aromatic amines is 1. The number of carboxylic acid groups (broad SMARTS) is 1. The summed E-state index contributed by atoms with van der Waals surface area (Å²) in [6.45, 7) is 0.0436. The number of nitrogens with one attached hydrogen (secondary N) is 3. The highest BCUT2D eigenvalue weighted by Crippen LogP contribution is 2.49. The minimum absolute atomic E-state index is 0.139. The number of anilines is 1. The van der Waals surface area contributed by atoms with Crippen molar-refractivity contribution in [1.82, 2.24) is 15.3 Å². The molecule has 0 unspecified atom stereocenters. The molecule has 5 N–H and O–H groups in total. The van der Waals surface area contributed by atoms with Crippen LogP contribution in [0.4, 0.5) is 11.6 Å². The predicted octanol–water partition coefficient (Wildman–Crippen LogP) is 1.95. The molecule has 4 heterocycles. The minimum Gasteiger partial charge on any atom is -0.492 e. The van der Waals surface area contributed by atoms with E-state index in [1.807, 2.05) is 5.38 Å². The van der Waals surface area contributed by atoms with Gasteiger partial charge >= 0.3 is 5.97 Å². The molecular formula is C15H12BrN5O4S. The van der Waals surface area contributed by atoms with E-state index in [1.165, 1.54) is 11.3 Å². The number of fused-ring (bicyclic) bond motifs is 3. The Morgan fingerprint density at radius 1 is 1.46 bits per heavy atom. The Balaban J connectivity index is 1.84. The van der Waals surface area contributed by atoms with Gasteiger partial charge in [0.15, 0.2) is 0 Å². The van der Waals surface area contributed by atoms with Gasteiger partial charge in [-0.3, -0.25) is 9.59 Å². The van der Waals surface area contributed by atoms with Gasteiger partial charge in [-0.1, -0.05) is 0 Å². The fourth-order valence-corrected chi connectivity index (χ4v) is 4.55. The number of thiophene rings is 1. The Hall–Kier alpha value is -2.66. The molecule has 2 aliphatic rings. The third-order valence-corrected chi connectivity index (χ3v) is 5.87. The molecule has 0 radical (unpaired) electrons. The van der Waals surface area contributed by atoms with Crippen molar-refractivity contribution in [1.29, 1.82) is 0 Å². The molecule has 0 aliphatic carbocycles. The van der Waals surface area contributed by atoms with Gasteiger partial charge in [0.2, 0.25) is 11.8 Å². The van der Waals surface area contributed by atoms with Gasteiger partial charge in [0.05, 0.1) is 15.0 Å². The van der Waals surface area contributed by atoms with Crippen molar-refractivity contribution in [2.45, 2.75) is 6.42 Å². The highest BCUT2D eigenvalue weighted by molar-refractivity contribution is 9.10. The van der Waals surface area contributed by atoms with Crippen molar-refractivity contribution in [2.75, 3.05) is 18.4 Å². The predicted molar refractivity (Wildman–Crippen MR) is 99.9 cm³/mol. The largest absolute Gasteiger partial charge is 0.492 e. The first kappa shape index (κ1) is 16.8. The molecule has 2 aromatic heterocycles. The topological polar surface area (TPSA) is 140 Å². The first-order chi connectivity index (χ1) is 12.5. The zero-order valence-electron chi connectivity index (χ0n) is 13.1. The Kier molecular flexibility index (Phi) is 4.04. The van der Waals surface area contributed by atoms with Crippen molar-refractivity contribution >= 4 is 67.6 Å². The van der Waals surface area contributed by atoms with Gasteiger partial charge in [0.25, 0.3) is 5.91 Å². The van der Waals surface area contributed by atoms with Crippen molar-refractivity contribution in [3.05, 3.63) is 20.4 Å². The lowest BCUT2D eigenvalue weighted by Crippen LogP contribution is -2.29. The summed E-state index contributed by atoms with van der Waals surface area (Å²) in [7, 11) is 0. The summed E-state index contributed by atoms with van der Waals surface area (Å²) >= 11 is 4.89. The van der Waals surface area contributed by atoms with E-state index in [0.717, 1.165) is 9.35 Å². The van der Waals surface area contributed by atoms with Crippen molar-refractivity contribution in [3.8, 4) is 5.88 Å². The zero-order valence-corrected chi connectivity index (χ0v) is 15.5. The van der Waals surface area contributed by atoms with E-state index in [4.69, 9.17) is 5.11 Å². The summed E-state index contributed by atoms with van der Waals surface area (Å²) in [5, 5.41) is 26.3. The number of aromatic nitrogens is 2. The van der Waals surface area contributed by atoms with Crippen LogP contribution in [0.5, 0.6) is 5.88 Å². The molecule has 134 valence electrons. The molecule has 2 aliphatic heterocycles. The van der Waals surface area contributed by atoms with Gasteiger partial charge in [-0.2, -0.15) is 4.98 Å². The van der Waals surface area contributed by atoms with E-state index >= 15 is 0 Å². The average Bonchev–Trinajstić information content (AvgIpc) is 3.22. The number of amides is 1. The van der Waals surface area contributed by atoms with Crippen LogP contribution in [-0.4, -0.2) is 50.9 Å². The number of carboxylic acids is 1. The second-order valence-corrected chi connectivity index (χ2v) is 7.35. The number of halogens is 1. The van der Waals surface area contributed by atoms with Crippen LogP contribution in [0.3, 0.4) is 0 Å². The summed E-state index contributed by atoms with van der Waals surface area (Å²) in [5.74, 6) is -1.45. The number of nitrogens with zero attached hydrogens (tertiary/aromatic N) is 2. The molecule has 11 heteroatoms. The Morgan fingerprint density at radius 3 is 3.04 bits per heavy atom. The van der Waals surface area contributed by atoms with Gasteiger partial charge in [-0.25, -0.2) is 4.99 Å². The molecule has 26 heavy (non-hydrogen) atoms. The highest BCUT2D eigenvalue weighted by Gasteiger charge is 2.35. The smallest absolute Gasteiger partial charge is 0.322 e. The molecule has 4 rings (SSSR count). The van der Waals surface area contributed by atoms with Gasteiger partial charge in [-0.05, 0) is 27.9 Å². The summed E-state index contributed by atoms with van der Waals surface area (Å²) in [4.78, 5) is 35.2. The molecule has 9 nitrogen and oxygen atoms in total. The second kappa shape index (κ2) is 6.25. The van der Waals surface area contributed by atoms with E-state index in [9.17, 15) is 14.7 Å². The molecule has 0 atom stereocenters. The van der Waals surface area contributed by atoms with Crippen LogP contribution in [-0.2, 0) is 9.59 Å². The third-order valence-electron chi connectivity index (χ3n) is 3.98. The van der Waals surface area contributed by atoms with E-state index in [2.05, 4.69) is 41.5 Å². The molecule has 0 bridgehead atoms. The number of hydrogen-bond acceptors (Lipinski definition) is 7.